The van der Waals surface area contributed by atoms with Gasteiger partial charge in [0.2, 0.25) is 5.91 Å². The van der Waals surface area contributed by atoms with Crippen molar-refractivity contribution < 1.29 is 9.53 Å². The molecule has 1 spiro atoms. The van der Waals surface area contributed by atoms with Crippen LogP contribution in [0.4, 0.5) is 0 Å². The Kier molecular flexibility index (Phi) is 5.16. The molecule has 3 fully saturated rings. The summed E-state index contributed by atoms with van der Waals surface area (Å²) in [5.74, 6) is 0.548. The highest BCUT2D eigenvalue weighted by atomic mass is 16.5. The summed E-state index contributed by atoms with van der Waals surface area (Å²) in [5, 5.41) is 0. The first-order valence-electron chi connectivity index (χ1n) is 10.2. The summed E-state index contributed by atoms with van der Waals surface area (Å²) in [4.78, 5) is 19.8. The highest BCUT2D eigenvalue weighted by molar-refractivity contribution is 5.80. The molecule has 1 aliphatic carbocycles. The van der Waals surface area contributed by atoms with Crippen molar-refractivity contribution in [3.05, 3.63) is 12.2 Å². The van der Waals surface area contributed by atoms with Gasteiger partial charge in [-0.1, -0.05) is 12.2 Å². The SMILES string of the molecule is CN1CCN(C[C@H]2CCC[C@]3(CCN(C(=O)C4CC=CC4)C3)O2)CC1. The van der Waals surface area contributed by atoms with Gasteiger partial charge in [0.25, 0.3) is 0 Å². The van der Waals surface area contributed by atoms with Crippen LogP contribution >= 0.6 is 0 Å². The quantitative estimate of drug-likeness (QED) is 0.729. The van der Waals surface area contributed by atoms with Crippen LogP contribution in [0.3, 0.4) is 0 Å². The summed E-state index contributed by atoms with van der Waals surface area (Å²) in [6.07, 6.45) is 11.1. The van der Waals surface area contributed by atoms with Crippen molar-refractivity contribution in [3.8, 4) is 0 Å². The molecule has 4 aliphatic rings. The van der Waals surface area contributed by atoms with Crippen molar-refractivity contribution in [1.82, 2.24) is 14.7 Å². The molecule has 140 valence electrons. The highest BCUT2D eigenvalue weighted by Crippen LogP contribution is 2.38. The predicted molar refractivity (Wildman–Crippen MR) is 98.5 cm³/mol. The van der Waals surface area contributed by atoms with E-state index in [2.05, 4.69) is 33.9 Å². The first-order chi connectivity index (χ1) is 12.1. The summed E-state index contributed by atoms with van der Waals surface area (Å²) >= 11 is 0. The average molecular weight is 348 g/mol. The molecule has 3 aliphatic heterocycles. The van der Waals surface area contributed by atoms with Crippen molar-refractivity contribution in [3.63, 3.8) is 0 Å². The monoisotopic (exact) mass is 347 g/mol. The molecule has 0 unspecified atom stereocenters. The Labute approximate surface area is 152 Å². The van der Waals surface area contributed by atoms with Crippen molar-refractivity contribution in [2.24, 2.45) is 5.92 Å². The number of hydrogen-bond acceptors (Lipinski definition) is 4. The molecule has 4 rings (SSSR count). The Bertz CT molecular complexity index is 507. The maximum absolute atomic E-state index is 12.7. The molecule has 5 heteroatoms. The lowest BCUT2D eigenvalue weighted by Crippen LogP contribution is -2.51. The molecular formula is C20H33N3O2. The third-order valence-electron chi connectivity index (χ3n) is 6.62. The smallest absolute Gasteiger partial charge is 0.226 e. The van der Waals surface area contributed by atoms with Gasteiger partial charge in [-0.3, -0.25) is 9.69 Å². The molecule has 25 heavy (non-hydrogen) atoms. The molecule has 1 amide bonds. The predicted octanol–water partition coefficient (Wildman–Crippen LogP) is 1.74. The highest BCUT2D eigenvalue weighted by Gasteiger charge is 2.45. The number of carbonyl (C=O) groups excluding carboxylic acids is 1. The fraction of sp³-hybridized carbons (Fsp3) is 0.850. The van der Waals surface area contributed by atoms with E-state index in [-0.39, 0.29) is 11.5 Å². The van der Waals surface area contributed by atoms with Crippen molar-refractivity contribution >= 4 is 5.91 Å². The fourth-order valence-electron chi connectivity index (χ4n) is 4.98. The number of ether oxygens (including phenoxy) is 1. The van der Waals surface area contributed by atoms with Crippen molar-refractivity contribution in [2.75, 3.05) is 52.9 Å². The van der Waals surface area contributed by atoms with Crippen LogP contribution in [0.1, 0.15) is 38.5 Å². The number of carbonyl (C=O) groups is 1. The Hall–Kier alpha value is -0.910. The van der Waals surface area contributed by atoms with E-state index >= 15 is 0 Å². The molecule has 3 saturated heterocycles. The van der Waals surface area contributed by atoms with Crippen molar-refractivity contribution in [1.29, 1.82) is 0 Å². The van der Waals surface area contributed by atoms with E-state index in [4.69, 9.17) is 4.74 Å². The van der Waals surface area contributed by atoms with E-state index in [1.807, 2.05) is 0 Å². The van der Waals surface area contributed by atoms with E-state index in [9.17, 15) is 4.79 Å². The normalized spacial score (nSPS) is 35.1. The lowest BCUT2D eigenvalue weighted by Gasteiger charge is -2.42. The molecule has 0 saturated carbocycles. The lowest BCUT2D eigenvalue weighted by atomic mass is 9.90. The van der Waals surface area contributed by atoms with Crippen LogP contribution in [0.25, 0.3) is 0 Å². The molecule has 5 nitrogen and oxygen atoms in total. The molecule has 0 aromatic heterocycles. The first kappa shape index (κ1) is 17.5. The Balaban J connectivity index is 1.30. The minimum absolute atomic E-state index is 0.0583. The standard InChI is InChI=1S/C20H33N3O2/c1-21-11-13-22(14-12-21)15-18-7-4-8-20(25-18)9-10-23(16-20)19(24)17-5-2-3-6-17/h2-3,17-18H,4-16H2,1H3/t18-,20-/m1/s1. The maximum atomic E-state index is 12.7. The van der Waals surface area contributed by atoms with Gasteiger partial charge in [0.15, 0.2) is 0 Å². The van der Waals surface area contributed by atoms with E-state index in [0.29, 0.717) is 12.0 Å². The van der Waals surface area contributed by atoms with Crippen LogP contribution in [0.2, 0.25) is 0 Å². The van der Waals surface area contributed by atoms with Gasteiger partial charge in [0.05, 0.1) is 11.7 Å². The molecule has 0 N–H and O–H groups in total. The summed E-state index contributed by atoms with van der Waals surface area (Å²) in [6, 6.07) is 0. The summed E-state index contributed by atoms with van der Waals surface area (Å²) in [6.45, 7) is 7.41. The van der Waals surface area contributed by atoms with Crippen LogP contribution < -0.4 is 0 Å². The largest absolute Gasteiger partial charge is 0.369 e. The molecule has 0 aromatic rings. The van der Waals surface area contributed by atoms with Gasteiger partial charge in [0.1, 0.15) is 0 Å². The fourth-order valence-corrected chi connectivity index (χ4v) is 4.98. The van der Waals surface area contributed by atoms with Crippen LogP contribution in [-0.4, -0.2) is 85.2 Å². The van der Waals surface area contributed by atoms with E-state index in [0.717, 1.165) is 71.5 Å². The number of nitrogens with zero attached hydrogens (tertiary/aromatic N) is 3. The summed E-state index contributed by atoms with van der Waals surface area (Å²) in [7, 11) is 2.20. The average Bonchev–Trinajstić information content (AvgIpc) is 3.27. The Morgan fingerprint density at radius 1 is 1.12 bits per heavy atom. The Morgan fingerprint density at radius 3 is 2.64 bits per heavy atom. The van der Waals surface area contributed by atoms with Gasteiger partial charge in [0, 0.05) is 51.7 Å². The number of allylic oxidation sites excluding steroid dienone is 2. The van der Waals surface area contributed by atoms with Gasteiger partial charge < -0.3 is 14.5 Å². The molecular weight excluding hydrogens is 314 g/mol. The molecule has 0 radical (unpaired) electrons. The summed E-state index contributed by atoms with van der Waals surface area (Å²) < 4.78 is 6.64. The molecule has 0 bridgehead atoms. The summed E-state index contributed by atoms with van der Waals surface area (Å²) in [5.41, 5.74) is -0.0583. The van der Waals surface area contributed by atoms with Crippen LogP contribution in [0, 0.1) is 5.92 Å². The minimum Gasteiger partial charge on any atom is -0.369 e. The van der Waals surface area contributed by atoms with Gasteiger partial charge in [-0.2, -0.15) is 0 Å². The van der Waals surface area contributed by atoms with E-state index < -0.39 is 0 Å². The van der Waals surface area contributed by atoms with Gasteiger partial charge in [-0.05, 0) is 45.6 Å². The minimum atomic E-state index is -0.0583. The second kappa shape index (κ2) is 7.37. The first-order valence-corrected chi connectivity index (χ1v) is 10.2. The lowest BCUT2D eigenvalue weighted by molar-refractivity contribution is -0.144. The van der Waals surface area contributed by atoms with Gasteiger partial charge in [-0.25, -0.2) is 0 Å². The number of likely N-dealkylation sites (N-methyl/N-ethyl adjacent to an activating group) is 1. The topological polar surface area (TPSA) is 36.0 Å². The maximum Gasteiger partial charge on any atom is 0.226 e. The van der Waals surface area contributed by atoms with Gasteiger partial charge >= 0.3 is 0 Å². The second-order valence-electron chi connectivity index (χ2n) is 8.57. The number of piperazine rings is 1. The third-order valence-corrected chi connectivity index (χ3v) is 6.62. The zero-order chi connectivity index (χ0) is 17.3. The van der Waals surface area contributed by atoms with Crippen LogP contribution in [0.15, 0.2) is 12.2 Å². The third kappa shape index (κ3) is 3.93. The van der Waals surface area contributed by atoms with Crippen LogP contribution in [-0.2, 0) is 9.53 Å². The number of amides is 1. The second-order valence-corrected chi connectivity index (χ2v) is 8.57. The number of likely N-dealkylation sites (tertiary alicyclic amines) is 1. The molecule has 3 heterocycles. The van der Waals surface area contributed by atoms with Crippen molar-refractivity contribution in [2.45, 2.75) is 50.2 Å². The number of hydrogen-bond donors (Lipinski definition) is 0. The molecule has 2 atom stereocenters. The van der Waals surface area contributed by atoms with E-state index in [1.54, 1.807) is 0 Å². The Morgan fingerprint density at radius 2 is 1.88 bits per heavy atom. The van der Waals surface area contributed by atoms with Crippen LogP contribution in [0.5, 0.6) is 0 Å². The zero-order valence-electron chi connectivity index (χ0n) is 15.7. The zero-order valence-corrected chi connectivity index (χ0v) is 15.7. The molecule has 0 aromatic carbocycles. The van der Waals surface area contributed by atoms with Gasteiger partial charge in [-0.15, -0.1) is 0 Å². The number of rotatable bonds is 3. The van der Waals surface area contributed by atoms with E-state index in [1.165, 1.54) is 12.8 Å².